The molecule has 2 heteroatoms. The minimum Gasteiger partial charge on any atom is -0.321 e. The Balaban J connectivity index is 2.00. The van der Waals surface area contributed by atoms with E-state index in [0.717, 1.165) is 37.0 Å². The molecule has 0 N–H and O–H groups in total. The molecule has 0 aliphatic carbocycles. The van der Waals surface area contributed by atoms with Crippen molar-refractivity contribution in [2.45, 2.75) is 39.2 Å². The SMILES string of the molecule is CCCCC1C[N+](C)(Cc2ccccc2)CCC1=O. The molecule has 104 valence electrons. The van der Waals surface area contributed by atoms with E-state index in [1.165, 1.54) is 18.4 Å². The molecule has 2 nitrogen and oxygen atoms in total. The highest BCUT2D eigenvalue weighted by Gasteiger charge is 2.36. The van der Waals surface area contributed by atoms with Gasteiger partial charge in [-0.05, 0) is 6.42 Å². The lowest BCUT2D eigenvalue weighted by Gasteiger charge is -2.40. The summed E-state index contributed by atoms with van der Waals surface area (Å²) >= 11 is 0. The minimum absolute atomic E-state index is 0.294. The number of hydrogen-bond acceptors (Lipinski definition) is 1. The Hall–Kier alpha value is -1.15. The number of likely N-dealkylation sites (tertiary alicyclic amines) is 1. The van der Waals surface area contributed by atoms with Crippen molar-refractivity contribution in [3.63, 3.8) is 0 Å². The summed E-state index contributed by atoms with van der Waals surface area (Å²) in [4.78, 5) is 12.0. The topological polar surface area (TPSA) is 17.1 Å². The molecule has 1 aromatic rings. The molecule has 1 aliphatic rings. The molecule has 2 atom stereocenters. The van der Waals surface area contributed by atoms with Gasteiger partial charge in [0, 0.05) is 5.56 Å². The monoisotopic (exact) mass is 260 g/mol. The second-order valence-electron chi connectivity index (χ2n) is 6.22. The molecular weight excluding hydrogens is 234 g/mol. The predicted octanol–water partition coefficient (Wildman–Crippen LogP) is 3.41. The number of piperidine rings is 1. The lowest BCUT2D eigenvalue weighted by atomic mass is 9.90. The molecule has 19 heavy (non-hydrogen) atoms. The fraction of sp³-hybridized carbons (Fsp3) is 0.588. The first-order valence-electron chi connectivity index (χ1n) is 7.53. The summed E-state index contributed by atoms with van der Waals surface area (Å²) in [5, 5.41) is 0. The number of nitrogens with zero attached hydrogens (tertiary/aromatic N) is 1. The molecule has 0 aromatic heterocycles. The van der Waals surface area contributed by atoms with Crippen LogP contribution >= 0.6 is 0 Å². The van der Waals surface area contributed by atoms with Crippen LogP contribution in [0.5, 0.6) is 0 Å². The number of quaternary nitrogens is 1. The molecule has 2 unspecified atom stereocenters. The lowest BCUT2D eigenvalue weighted by Crippen LogP contribution is -2.53. The Morgan fingerprint density at radius 2 is 2.00 bits per heavy atom. The highest BCUT2D eigenvalue weighted by molar-refractivity contribution is 5.81. The van der Waals surface area contributed by atoms with Crippen LogP contribution in [-0.4, -0.2) is 30.4 Å². The van der Waals surface area contributed by atoms with E-state index in [2.05, 4.69) is 44.3 Å². The number of benzene rings is 1. The summed E-state index contributed by atoms with van der Waals surface area (Å²) in [5.74, 6) is 0.791. The van der Waals surface area contributed by atoms with E-state index < -0.39 is 0 Å². The third-order valence-electron chi connectivity index (χ3n) is 4.33. The third-order valence-corrected chi connectivity index (χ3v) is 4.33. The number of rotatable bonds is 5. The molecule has 1 heterocycles. The first-order valence-corrected chi connectivity index (χ1v) is 7.53. The van der Waals surface area contributed by atoms with Crippen LogP contribution in [-0.2, 0) is 11.3 Å². The maximum absolute atomic E-state index is 12.0. The van der Waals surface area contributed by atoms with Crippen molar-refractivity contribution in [2.24, 2.45) is 5.92 Å². The van der Waals surface area contributed by atoms with E-state index in [1.807, 2.05) is 0 Å². The van der Waals surface area contributed by atoms with Crippen molar-refractivity contribution in [3.05, 3.63) is 35.9 Å². The highest BCUT2D eigenvalue weighted by atomic mass is 16.1. The zero-order valence-corrected chi connectivity index (χ0v) is 12.3. The molecule has 0 radical (unpaired) electrons. The summed E-state index contributed by atoms with van der Waals surface area (Å²) in [7, 11) is 2.30. The van der Waals surface area contributed by atoms with E-state index in [0.29, 0.717) is 11.7 Å². The van der Waals surface area contributed by atoms with Crippen molar-refractivity contribution >= 4 is 5.78 Å². The standard InChI is InChI=1S/C17H26NO/c1-3-4-10-16-14-18(2,12-11-17(16)19)13-15-8-6-5-7-9-15/h5-9,16H,3-4,10-14H2,1-2H3/q+1. The maximum atomic E-state index is 12.0. The second-order valence-corrected chi connectivity index (χ2v) is 6.22. The first-order chi connectivity index (χ1) is 9.13. The average Bonchev–Trinajstić information content (AvgIpc) is 2.41. The molecule has 1 fully saturated rings. The summed E-state index contributed by atoms with van der Waals surface area (Å²) in [6, 6.07) is 10.7. The number of carbonyl (C=O) groups excluding carboxylic acids is 1. The first kappa shape index (κ1) is 14.3. The molecular formula is C17H26NO+. The molecule has 0 spiro atoms. The van der Waals surface area contributed by atoms with Gasteiger partial charge >= 0.3 is 0 Å². The van der Waals surface area contributed by atoms with Gasteiger partial charge in [-0.15, -0.1) is 0 Å². The quantitative estimate of drug-likeness (QED) is 0.741. The van der Waals surface area contributed by atoms with E-state index in [1.54, 1.807) is 0 Å². The van der Waals surface area contributed by atoms with Gasteiger partial charge in [0.1, 0.15) is 12.3 Å². The fourth-order valence-electron chi connectivity index (χ4n) is 3.18. The lowest BCUT2D eigenvalue weighted by molar-refractivity contribution is -0.926. The second kappa shape index (κ2) is 6.33. The van der Waals surface area contributed by atoms with Gasteiger partial charge in [-0.25, -0.2) is 0 Å². The van der Waals surface area contributed by atoms with Crippen molar-refractivity contribution in [1.82, 2.24) is 0 Å². The number of carbonyl (C=O) groups is 1. The van der Waals surface area contributed by atoms with E-state index in [-0.39, 0.29) is 0 Å². The molecule has 0 bridgehead atoms. The van der Waals surface area contributed by atoms with Gasteiger partial charge in [0.05, 0.1) is 32.5 Å². The van der Waals surface area contributed by atoms with Gasteiger partial charge in [0.25, 0.3) is 0 Å². The highest BCUT2D eigenvalue weighted by Crippen LogP contribution is 2.25. The van der Waals surface area contributed by atoms with Crippen molar-refractivity contribution in [2.75, 3.05) is 20.1 Å². The zero-order valence-electron chi connectivity index (χ0n) is 12.3. The Morgan fingerprint density at radius 1 is 1.26 bits per heavy atom. The van der Waals surface area contributed by atoms with Gasteiger partial charge in [0.2, 0.25) is 0 Å². The van der Waals surface area contributed by atoms with Gasteiger partial charge in [-0.1, -0.05) is 50.1 Å². The van der Waals surface area contributed by atoms with Crippen LogP contribution in [0.25, 0.3) is 0 Å². The van der Waals surface area contributed by atoms with E-state index in [4.69, 9.17) is 0 Å². The summed E-state index contributed by atoms with van der Waals surface area (Å²) in [6.45, 7) is 5.27. The zero-order chi connectivity index (χ0) is 13.7. The average molecular weight is 260 g/mol. The van der Waals surface area contributed by atoms with Gasteiger partial charge in [0.15, 0.2) is 0 Å². The normalized spacial score (nSPS) is 27.5. The smallest absolute Gasteiger partial charge is 0.147 e. The third kappa shape index (κ3) is 3.90. The summed E-state index contributed by atoms with van der Waals surface area (Å²) in [6.07, 6.45) is 4.21. The molecule has 1 aliphatic heterocycles. The van der Waals surface area contributed by atoms with Crippen LogP contribution in [0.4, 0.5) is 0 Å². The van der Waals surface area contributed by atoms with Crippen LogP contribution in [0.2, 0.25) is 0 Å². The number of unbranched alkanes of at least 4 members (excludes halogenated alkanes) is 1. The van der Waals surface area contributed by atoms with Crippen molar-refractivity contribution in [3.8, 4) is 0 Å². The Kier molecular flexibility index (Phi) is 4.76. The van der Waals surface area contributed by atoms with Crippen molar-refractivity contribution in [1.29, 1.82) is 0 Å². The van der Waals surface area contributed by atoms with Gasteiger partial charge in [-0.2, -0.15) is 0 Å². The van der Waals surface area contributed by atoms with Gasteiger partial charge in [-0.3, -0.25) is 4.79 Å². The molecule has 1 saturated heterocycles. The van der Waals surface area contributed by atoms with Crippen LogP contribution in [0.1, 0.15) is 38.2 Å². The maximum Gasteiger partial charge on any atom is 0.147 e. The fourth-order valence-corrected chi connectivity index (χ4v) is 3.18. The minimum atomic E-state index is 0.294. The van der Waals surface area contributed by atoms with Gasteiger partial charge < -0.3 is 4.48 Å². The largest absolute Gasteiger partial charge is 0.321 e. The Labute approximate surface area is 117 Å². The van der Waals surface area contributed by atoms with E-state index >= 15 is 0 Å². The Morgan fingerprint density at radius 3 is 2.68 bits per heavy atom. The number of ketones is 1. The molecule has 2 rings (SSSR count). The number of hydrogen-bond donors (Lipinski definition) is 0. The molecule has 0 amide bonds. The summed E-state index contributed by atoms with van der Waals surface area (Å²) in [5.41, 5.74) is 1.38. The van der Waals surface area contributed by atoms with Crippen LogP contribution < -0.4 is 0 Å². The molecule has 0 saturated carbocycles. The Bertz CT molecular complexity index is 415. The predicted molar refractivity (Wildman–Crippen MR) is 78.7 cm³/mol. The molecule has 1 aromatic carbocycles. The summed E-state index contributed by atoms with van der Waals surface area (Å²) < 4.78 is 1.02. The van der Waals surface area contributed by atoms with Crippen molar-refractivity contribution < 1.29 is 9.28 Å². The van der Waals surface area contributed by atoms with E-state index in [9.17, 15) is 4.79 Å². The number of Topliss-reactive ketones (excluding diaryl/α,β-unsaturated/α-hetero) is 1. The van der Waals surface area contributed by atoms with Crippen LogP contribution in [0.15, 0.2) is 30.3 Å². The van der Waals surface area contributed by atoms with Crippen LogP contribution in [0, 0.1) is 5.92 Å². The van der Waals surface area contributed by atoms with Crippen LogP contribution in [0.3, 0.4) is 0 Å².